The van der Waals surface area contributed by atoms with Crippen LogP contribution in [0.25, 0.3) is 0 Å². The Kier molecular flexibility index (Phi) is 2.15. The van der Waals surface area contributed by atoms with Gasteiger partial charge < -0.3 is 0 Å². The molecule has 0 rings (SSSR count). The Morgan fingerprint density at radius 2 is 1.83 bits per heavy atom. The molecule has 0 aromatic heterocycles. The summed E-state index contributed by atoms with van der Waals surface area (Å²) in [6, 6.07) is 0. The van der Waals surface area contributed by atoms with Crippen molar-refractivity contribution in [2.45, 2.75) is 0 Å². The van der Waals surface area contributed by atoms with Crippen molar-refractivity contribution in [3.05, 3.63) is 11.4 Å². The van der Waals surface area contributed by atoms with Crippen LogP contribution in [0, 0.1) is 0 Å². The standard InChI is InChI=1S/C2H5AsClO2/c1-2-3(4,5)6/h2,5-6H,1H2. The zero-order chi connectivity index (χ0) is 5.21. The molecule has 0 saturated heterocycles. The van der Waals surface area contributed by atoms with Gasteiger partial charge in [0.05, 0.1) is 0 Å². The van der Waals surface area contributed by atoms with Crippen LogP contribution < -0.4 is 0 Å². The normalized spacial score (nSPS) is 11.2. The van der Waals surface area contributed by atoms with Gasteiger partial charge in [0.1, 0.15) is 0 Å². The monoisotopic (exact) mass is 171 g/mol. The van der Waals surface area contributed by atoms with Crippen molar-refractivity contribution >= 4 is 23.2 Å². The van der Waals surface area contributed by atoms with Gasteiger partial charge in [-0.25, -0.2) is 0 Å². The summed E-state index contributed by atoms with van der Waals surface area (Å²) in [5, 5.41) is 0. The topological polar surface area (TPSA) is 40.5 Å². The molecule has 2 N–H and O–H groups in total. The molecule has 1 radical (unpaired) electrons. The van der Waals surface area contributed by atoms with Gasteiger partial charge in [-0.05, 0) is 0 Å². The molecule has 0 heterocycles. The van der Waals surface area contributed by atoms with Crippen molar-refractivity contribution in [2.75, 3.05) is 0 Å². The van der Waals surface area contributed by atoms with Crippen LogP contribution in [0.4, 0.5) is 0 Å². The van der Waals surface area contributed by atoms with Crippen LogP contribution in [0.1, 0.15) is 0 Å². The Morgan fingerprint density at radius 1 is 1.67 bits per heavy atom. The Labute approximate surface area is 43.4 Å². The molecule has 2 nitrogen and oxygen atoms in total. The molecule has 4 heteroatoms. The van der Waals surface area contributed by atoms with E-state index in [1.807, 2.05) is 0 Å². The second kappa shape index (κ2) is 1.99. The molecule has 37 valence electrons. The van der Waals surface area contributed by atoms with Gasteiger partial charge in [0.2, 0.25) is 0 Å². The zero-order valence-electron chi connectivity index (χ0n) is 3.00. The molecular formula is C2H5AsClO2. The van der Waals surface area contributed by atoms with Crippen LogP contribution >= 0.6 is 9.95 Å². The first-order valence-corrected chi connectivity index (χ1v) is 6.46. The van der Waals surface area contributed by atoms with Crippen molar-refractivity contribution in [1.29, 1.82) is 0 Å². The number of hydrogen-bond acceptors (Lipinski definition) is 2. The molecule has 0 spiro atoms. The van der Waals surface area contributed by atoms with Crippen molar-refractivity contribution in [1.82, 2.24) is 0 Å². The fourth-order valence-electron chi connectivity index (χ4n) is 0. The minimum atomic E-state index is -3.67. The average molecular weight is 171 g/mol. The molecule has 0 aliphatic rings. The summed E-state index contributed by atoms with van der Waals surface area (Å²) in [5.74, 6) is 0. The van der Waals surface area contributed by atoms with Crippen LogP contribution in [0.2, 0.25) is 0 Å². The van der Waals surface area contributed by atoms with Crippen molar-refractivity contribution < 1.29 is 8.19 Å². The van der Waals surface area contributed by atoms with Crippen LogP contribution in [-0.2, 0) is 0 Å². The predicted molar refractivity (Wildman–Crippen MR) is 26.2 cm³/mol. The number of hydrogen-bond donors (Lipinski definition) is 2. The van der Waals surface area contributed by atoms with Crippen molar-refractivity contribution in [3.63, 3.8) is 0 Å². The molecular weight excluding hydrogens is 166 g/mol. The van der Waals surface area contributed by atoms with E-state index in [1.54, 1.807) is 0 Å². The number of halogens is 1. The summed E-state index contributed by atoms with van der Waals surface area (Å²) in [6.07, 6.45) is 0. The third-order valence-electron chi connectivity index (χ3n) is 0.232. The van der Waals surface area contributed by atoms with Crippen LogP contribution in [0.3, 0.4) is 0 Å². The van der Waals surface area contributed by atoms with Gasteiger partial charge >= 0.3 is 42.9 Å². The molecule has 0 amide bonds. The molecule has 0 unspecified atom stereocenters. The summed E-state index contributed by atoms with van der Waals surface area (Å²) in [6.45, 7) is 3.08. The molecule has 0 atom stereocenters. The van der Waals surface area contributed by atoms with Crippen LogP contribution in [0.15, 0.2) is 11.4 Å². The molecule has 6 heavy (non-hydrogen) atoms. The third kappa shape index (κ3) is 4.51. The van der Waals surface area contributed by atoms with E-state index in [9.17, 15) is 0 Å². The second-order valence-electron chi connectivity index (χ2n) is 0.752. The van der Waals surface area contributed by atoms with Gasteiger partial charge in [0.15, 0.2) is 0 Å². The molecule has 0 fully saturated rings. The van der Waals surface area contributed by atoms with Crippen LogP contribution in [-0.4, -0.2) is 21.5 Å². The van der Waals surface area contributed by atoms with Crippen LogP contribution in [0.5, 0.6) is 0 Å². The fraction of sp³-hybridized carbons (Fsp3) is 0. The van der Waals surface area contributed by atoms with Crippen molar-refractivity contribution in [2.24, 2.45) is 0 Å². The van der Waals surface area contributed by atoms with Gasteiger partial charge in [-0.1, -0.05) is 0 Å². The third-order valence-corrected chi connectivity index (χ3v) is 1.92. The van der Waals surface area contributed by atoms with E-state index in [0.29, 0.717) is 0 Å². The molecule has 0 aromatic carbocycles. The predicted octanol–water partition coefficient (Wildman–Crippen LogP) is -0.126. The van der Waals surface area contributed by atoms with E-state index >= 15 is 0 Å². The Morgan fingerprint density at radius 3 is 1.83 bits per heavy atom. The maximum atomic E-state index is 8.20. The second-order valence-corrected chi connectivity index (χ2v) is 6.49. The molecule has 0 aliphatic heterocycles. The summed E-state index contributed by atoms with van der Waals surface area (Å²) < 4.78 is 16.4. The quantitative estimate of drug-likeness (QED) is 0.540. The van der Waals surface area contributed by atoms with Crippen molar-refractivity contribution in [3.8, 4) is 0 Å². The first-order valence-electron chi connectivity index (χ1n) is 1.24. The number of rotatable bonds is 1. The van der Waals surface area contributed by atoms with Gasteiger partial charge in [-0.3, -0.25) is 0 Å². The van der Waals surface area contributed by atoms with E-state index in [4.69, 9.17) is 18.1 Å². The summed E-state index contributed by atoms with van der Waals surface area (Å²) in [7, 11) is 4.88. The Hall–Kier alpha value is 0.508. The Balaban J connectivity index is 3.45. The zero-order valence-corrected chi connectivity index (χ0v) is 5.64. The van der Waals surface area contributed by atoms with Gasteiger partial charge in [-0.15, -0.1) is 0 Å². The maximum absolute atomic E-state index is 8.20. The van der Waals surface area contributed by atoms with E-state index in [2.05, 4.69) is 6.58 Å². The molecule has 0 aliphatic carbocycles. The fourth-order valence-corrected chi connectivity index (χ4v) is 0. The van der Waals surface area contributed by atoms with Gasteiger partial charge in [0, 0.05) is 0 Å². The van der Waals surface area contributed by atoms with Gasteiger partial charge in [-0.2, -0.15) is 0 Å². The first-order chi connectivity index (χ1) is 2.56. The molecule has 0 bridgehead atoms. The summed E-state index contributed by atoms with van der Waals surface area (Å²) in [4.78, 5) is 0.986. The first kappa shape index (κ1) is 6.51. The summed E-state index contributed by atoms with van der Waals surface area (Å²) in [5.41, 5.74) is 0. The molecule has 0 saturated carbocycles. The van der Waals surface area contributed by atoms with E-state index < -0.39 is 13.3 Å². The van der Waals surface area contributed by atoms with E-state index in [-0.39, 0.29) is 0 Å². The SMILES string of the molecule is C=C[As](O)(O)Cl. The van der Waals surface area contributed by atoms with E-state index in [1.165, 1.54) is 0 Å². The van der Waals surface area contributed by atoms with E-state index in [0.717, 1.165) is 4.86 Å². The van der Waals surface area contributed by atoms with Gasteiger partial charge in [0.25, 0.3) is 0 Å². The minimum absolute atomic E-state index is 0.986. The average Bonchev–Trinajstić information content (AvgIpc) is 1.35. The molecule has 0 aromatic rings. The summed E-state index contributed by atoms with van der Waals surface area (Å²) >= 11 is -3.67. The Bertz CT molecular complexity index is 57.1.